The highest BCUT2D eigenvalue weighted by Gasteiger charge is 2.16. The summed E-state index contributed by atoms with van der Waals surface area (Å²) in [7, 11) is 7.89. The zero-order valence-corrected chi connectivity index (χ0v) is 18.0. The summed E-state index contributed by atoms with van der Waals surface area (Å²) in [5.74, 6) is 1.69. The van der Waals surface area contributed by atoms with Crippen molar-refractivity contribution in [1.82, 2.24) is 4.90 Å². The summed E-state index contributed by atoms with van der Waals surface area (Å²) >= 11 is 0. The van der Waals surface area contributed by atoms with Gasteiger partial charge in [0.15, 0.2) is 23.0 Å². The topological polar surface area (TPSA) is 86.7 Å². The fourth-order valence-corrected chi connectivity index (χ4v) is 3.06. The number of hydrogen-bond acceptors (Lipinski definition) is 8. The van der Waals surface area contributed by atoms with Crippen molar-refractivity contribution in [3.05, 3.63) is 47.5 Å². The Balaban J connectivity index is 1.95. The first-order chi connectivity index (χ1) is 14.4. The van der Waals surface area contributed by atoms with Gasteiger partial charge in [-0.2, -0.15) is 0 Å². The lowest BCUT2D eigenvalue weighted by molar-refractivity contribution is 0.0599. The van der Waals surface area contributed by atoms with Gasteiger partial charge in [0, 0.05) is 18.7 Å². The number of carbonyl (C=O) groups is 1. The summed E-state index contributed by atoms with van der Waals surface area (Å²) in [5.41, 5.74) is 1.31. The van der Waals surface area contributed by atoms with E-state index in [1.165, 1.54) is 20.3 Å². The molecule has 0 aromatic heterocycles. The van der Waals surface area contributed by atoms with Crippen LogP contribution in [0.2, 0.25) is 0 Å². The third-order valence-electron chi connectivity index (χ3n) is 4.46. The third-order valence-corrected chi connectivity index (χ3v) is 4.46. The molecule has 1 N–H and O–H groups in total. The highest BCUT2D eigenvalue weighted by Crippen LogP contribution is 2.31. The lowest BCUT2D eigenvalue weighted by atomic mass is 10.1. The quantitative estimate of drug-likeness (QED) is 0.556. The number of ether oxygens (including phenoxy) is 5. The van der Waals surface area contributed by atoms with E-state index in [0.717, 1.165) is 5.56 Å². The fourth-order valence-electron chi connectivity index (χ4n) is 3.06. The number of esters is 1. The number of aliphatic hydroxyl groups excluding tert-OH is 1. The van der Waals surface area contributed by atoms with Crippen LogP contribution in [-0.4, -0.2) is 70.7 Å². The molecule has 1 atom stereocenters. The number of carbonyl (C=O) groups excluding carboxylic acids is 1. The highest BCUT2D eigenvalue weighted by molar-refractivity contribution is 5.90. The molecule has 0 fully saturated rings. The van der Waals surface area contributed by atoms with Gasteiger partial charge in [-0.15, -0.1) is 0 Å². The van der Waals surface area contributed by atoms with Crippen LogP contribution in [0, 0.1) is 0 Å². The summed E-state index contributed by atoms with van der Waals surface area (Å²) in [4.78, 5) is 13.6. The van der Waals surface area contributed by atoms with Crippen LogP contribution in [-0.2, 0) is 11.3 Å². The second-order valence-corrected chi connectivity index (χ2v) is 6.67. The van der Waals surface area contributed by atoms with Gasteiger partial charge >= 0.3 is 5.97 Å². The second kappa shape index (κ2) is 11.3. The maximum Gasteiger partial charge on any atom is 0.337 e. The number of para-hydroxylation sites is 1. The molecule has 0 aliphatic heterocycles. The first kappa shape index (κ1) is 23.3. The minimum atomic E-state index is -0.739. The summed E-state index contributed by atoms with van der Waals surface area (Å²) in [5, 5.41) is 10.4. The van der Waals surface area contributed by atoms with Crippen molar-refractivity contribution >= 4 is 5.97 Å². The van der Waals surface area contributed by atoms with Crippen LogP contribution < -0.4 is 18.9 Å². The van der Waals surface area contributed by atoms with Crippen LogP contribution >= 0.6 is 0 Å². The number of rotatable bonds is 11. The Labute approximate surface area is 176 Å². The number of likely N-dealkylation sites (N-methyl/N-ethyl adjacent to an activating group) is 1. The van der Waals surface area contributed by atoms with Crippen LogP contribution in [0.5, 0.6) is 23.0 Å². The first-order valence-corrected chi connectivity index (χ1v) is 9.39. The van der Waals surface area contributed by atoms with Gasteiger partial charge in [-0.3, -0.25) is 4.90 Å². The normalized spacial score (nSPS) is 11.7. The monoisotopic (exact) mass is 419 g/mol. The predicted molar refractivity (Wildman–Crippen MR) is 112 cm³/mol. The van der Waals surface area contributed by atoms with E-state index >= 15 is 0 Å². The Morgan fingerprint density at radius 2 is 1.73 bits per heavy atom. The lowest BCUT2D eigenvalue weighted by Crippen LogP contribution is -2.33. The van der Waals surface area contributed by atoms with Gasteiger partial charge in [0.2, 0.25) is 0 Å². The maximum absolute atomic E-state index is 11.6. The molecule has 0 heterocycles. The smallest absolute Gasteiger partial charge is 0.337 e. The Morgan fingerprint density at radius 1 is 1.00 bits per heavy atom. The van der Waals surface area contributed by atoms with Gasteiger partial charge in [-0.1, -0.05) is 12.1 Å². The standard InChI is InChI=1S/C22H29NO7/c1-23(12-16-7-6-8-19(26-2)21(16)28-4)13-17(24)14-30-18-10-9-15(22(25)29-5)11-20(18)27-3/h6-11,17,24H,12-14H2,1-5H3. The molecule has 164 valence electrons. The number of benzene rings is 2. The minimum absolute atomic E-state index is 0.0630. The van der Waals surface area contributed by atoms with Crippen molar-refractivity contribution in [2.75, 3.05) is 48.6 Å². The molecular formula is C22H29NO7. The van der Waals surface area contributed by atoms with Gasteiger partial charge in [0.1, 0.15) is 12.7 Å². The van der Waals surface area contributed by atoms with E-state index in [0.29, 0.717) is 41.7 Å². The first-order valence-electron chi connectivity index (χ1n) is 9.39. The van der Waals surface area contributed by atoms with E-state index < -0.39 is 12.1 Å². The summed E-state index contributed by atoms with van der Waals surface area (Å²) in [6.45, 7) is 1.00. The van der Waals surface area contributed by atoms with E-state index in [9.17, 15) is 9.90 Å². The summed E-state index contributed by atoms with van der Waals surface area (Å²) in [6.07, 6.45) is -0.739. The zero-order chi connectivity index (χ0) is 22.1. The van der Waals surface area contributed by atoms with Crippen LogP contribution in [0.1, 0.15) is 15.9 Å². The third kappa shape index (κ3) is 6.01. The summed E-state index contributed by atoms with van der Waals surface area (Å²) < 4.78 is 26.4. The van der Waals surface area contributed by atoms with Gasteiger partial charge in [0.25, 0.3) is 0 Å². The molecule has 0 saturated carbocycles. The SMILES string of the molecule is COC(=O)c1ccc(OCC(O)CN(C)Cc2cccc(OC)c2OC)c(OC)c1. The molecule has 0 bridgehead atoms. The average Bonchev–Trinajstić information content (AvgIpc) is 2.76. The van der Waals surface area contributed by atoms with Gasteiger partial charge in [-0.25, -0.2) is 4.79 Å². The largest absolute Gasteiger partial charge is 0.493 e. The van der Waals surface area contributed by atoms with Crippen LogP contribution in [0.15, 0.2) is 36.4 Å². The van der Waals surface area contributed by atoms with Crippen molar-refractivity contribution in [3.8, 4) is 23.0 Å². The Hall–Kier alpha value is -2.97. The Kier molecular flexibility index (Phi) is 8.76. The molecule has 0 saturated heterocycles. The predicted octanol–water partition coefficient (Wildman–Crippen LogP) is 2.37. The summed E-state index contributed by atoms with van der Waals surface area (Å²) in [6, 6.07) is 10.4. The molecule has 30 heavy (non-hydrogen) atoms. The molecule has 0 aliphatic carbocycles. The van der Waals surface area contributed by atoms with Crippen LogP contribution in [0.25, 0.3) is 0 Å². The van der Waals surface area contributed by atoms with Gasteiger partial charge < -0.3 is 28.8 Å². The van der Waals surface area contributed by atoms with E-state index in [2.05, 4.69) is 0 Å². The Bertz CT molecular complexity index is 840. The fraction of sp³-hybridized carbons (Fsp3) is 0.409. The molecule has 0 aliphatic rings. The molecule has 2 aromatic carbocycles. The lowest BCUT2D eigenvalue weighted by Gasteiger charge is -2.22. The maximum atomic E-state index is 11.6. The highest BCUT2D eigenvalue weighted by atomic mass is 16.5. The van der Waals surface area contributed by atoms with Crippen molar-refractivity contribution in [1.29, 1.82) is 0 Å². The molecular weight excluding hydrogens is 390 g/mol. The second-order valence-electron chi connectivity index (χ2n) is 6.67. The van der Waals surface area contributed by atoms with Crippen molar-refractivity contribution in [3.63, 3.8) is 0 Å². The van der Waals surface area contributed by atoms with E-state index in [1.807, 2.05) is 30.1 Å². The number of hydrogen-bond donors (Lipinski definition) is 1. The molecule has 2 aromatic rings. The molecule has 2 rings (SSSR count). The zero-order valence-electron chi connectivity index (χ0n) is 18.0. The molecule has 8 heteroatoms. The number of nitrogens with zero attached hydrogens (tertiary/aromatic N) is 1. The van der Waals surface area contributed by atoms with E-state index in [4.69, 9.17) is 23.7 Å². The van der Waals surface area contributed by atoms with Gasteiger partial charge in [-0.05, 0) is 31.3 Å². The number of aliphatic hydroxyl groups is 1. The molecule has 1 unspecified atom stereocenters. The number of methoxy groups -OCH3 is 4. The molecule has 8 nitrogen and oxygen atoms in total. The average molecular weight is 419 g/mol. The Morgan fingerprint density at radius 3 is 2.37 bits per heavy atom. The van der Waals surface area contributed by atoms with Crippen molar-refractivity contribution < 1.29 is 33.6 Å². The van der Waals surface area contributed by atoms with Gasteiger partial charge in [0.05, 0.1) is 34.0 Å². The van der Waals surface area contributed by atoms with Crippen molar-refractivity contribution in [2.45, 2.75) is 12.6 Å². The molecule has 0 radical (unpaired) electrons. The minimum Gasteiger partial charge on any atom is -0.493 e. The molecule has 0 spiro atoms. The van der Waals surface area contributed by atoms with Crippen LogP contribution in [0.4, 0.5) is 0 Å². The molecule has 0 amide bonds. The van der Waals surface area contributed by atoms with E-state index in [-0.39, 0.29) is 6.61 Å². The van der Waals surface area contributed by atoms with E-state index in [1.54, 1.807) is 26.4 Å². The van der Waals surface area contributed by atoms with Crippen LogP contribution in [0.3, 0.4) is 0 Å². The van der Waals surface area contributed by atoms with Crippen molar-refractivity contribution in [2.24, 2.45) is 0 Å².